The van der Waals surface area contributed by atoms with Crippen LogP contribution < -0.4 is 5.46 Å². The van der Waals surface area contributed by atoms with E-state index in [1.54, 1.807) is 0 Å². The van der Waals surface area contributed by atoms with Crippen LogP contribution in [-0.2, 0) is 9.31 Å². The van der Waals surface area contributed by atoms with E-state index in [4.69, 9.17) is 14.3 Å². The van der Waals surface area contributed by atoms with Gasteiger partial charge in [-0.05, 0) is 58.2 Å². The van der Waals surface area contributed by atoms with Gasteiger partial charge in [0, 0.05) is 11.2 Å². The van der Waals surface area contributed by atoms with Crippen LogP contribution in [0, 0.1) is 25.3 Å². The highest BCUT2D eigenvalue weighted by Crippen LogP contribution is 2.37. The van der Waals surface area contributed by atoms with E-state index in [2.05, 4.69) is 86.0 Å². The Labute approximate surface area is 161 Å². The fourth-order valence-electron chi connectivity index (χ4n) is 2.63. The zero-order valence-corrected chi connectivity index (χ0v) is 19.4. The summed E-state index contributed by atoms with van der Waals surface area (Å²) < 4.78 is 12.4. The van der Waals surface area contributed by atoms with Gasteiger partial charge in [0.05, 0.1) is 11.2 Å². The number of rotatable bonds is 1. The number of aromatic nitrogens is 1. The van der Waals surface area contributed by atoms with E-state index in [0.29, 0.717) is 0 Å². The molecule has 26 heavy (non-hydrogen) atoms. The first-order valence-electron chi connectivity index (χ1n) is 9.44. The van der Waals surface area contributed by atoms with Crippen LogP contribution in [0.2, 0.25) is 18.1 Å². The molecule has 3 nitrogen and oxygen atoms in total. The molecule has 1 aliphatic heterocycles. The van der Waals surface area contributed by atoms with Gasteiger partial charge in [0.1, 0.15) is 13.8 Å². The molecule has 0 radical (unpaired) electrons. The van der Waals surface area contributed by atoms with E-state index in [1.807, 2.05) is 6.92 Å². The Morgan fingerprint density at radius 2 is 1.54 bits per heavy atom. The predicted octanol–water partition coefficient (Wildman–Crippen LogP) is 4.40. The summed E-state index contributed by atoms with van der Waals surface area (Å²) in [5.41, 5.74) is 6.77. The highest BCUT2D eigenvalue weighted by Gasteiger charge is 2.52. The summed E-state index contributed by atoms with van der Waals surface area (Å²) >= 11 is 0. The van der Waals surface area contributed by atoms with Gasteiger partial charge in [-0.3, -0.25) is 0 Å². The van der Waals surface area contributed by atoms with Crippen molar-refractivity contribution in [3.05, 3.63) is 23.0 Å². The van der Waals surface area contributed by atoms with Gasteiger partial charge in [-0.1, -0.05) is 39.8 Å². The van der Waals surface area contributed by atoms with Crippen LogP contribution in [-0.4, -0.2) is 31.4 Å². The standard InChI is InChI=1S/C21H34BNO2Si/c1-15-14-17(12-13-26(10,11)19(3,4)5)23-16(2)18(15)22-24-20(6,7)21(8,9)25-22/h14H,1-11H3. The molecule has 0 aliphatic carbocycles. The minimum Gasteiger partial charge on any atom is -0.399 e. The van der Waals surface area contributed by atoms with Gasteiger partial charge in [0.25, 0.3) is 0 Å². The SMILES string of the molecule is Cc1cc(C#C[Si](C)(C)C(C)(C)C)nc(C)c1B1OC(C)(C)C(C)(C)O1. The summed E-state index contributed by atoms with van der Waals surface area (Å²) in [4.78, 5) is 4.75. The van der Waals surface area contributed by atoms with Crippen LogP contribution in [0.4, 0.5) is 0 Å². The lowest BCUT2D eigenvalue weighted by Gasteiger charge is -2.32. The summed E-state index contributed by atoms with van der Waals surface area (Å²) in [6, 6.07) is 2.06. The smallest absolute Gasteiger partial charge is 0.399 e. The van der Waals surface area contributed by atoms with E-state index >= 15 is 0 Å². The lowest BCUT2D eigenvalue weighted by Crippen LogP contribution is -2.41. The quantitative estimate of drug-likeness (QED) is 0.542. The van der Waals surface area contributed by atoms with Crippen LogP contribution >= 0.6 is 0 Å². The molecule has 0 aromatic carbocycles. The Morgan fingerprint density at radius 1 is 1.04 bits per heavy atom. The van der Waals surface area contributed by atoms with Crippen molar-refractivity contribution in [3.63, 3.8) is 0 Å². The number of hydrogen-bond donors (Lipinski definition) is 0. The van der Waals surface area contributed by atoms with Crippen molar-refractivity contribution in [1.82, 2.24) is 4.98 Å². The molecular formula is C21H34BNO2Si. The predicted molar refractivity (Wildman–Crippen MR) is 114 cm³/mol. The van der Waals surface area contributed by atoms with Gasteiger partial charge in [-0.25, -0.2) is 4.98 Å². The first-order valence-corrected chi connectivity index (χ1v) is 12.4. The molecule has 142 valence electrons. The third-order valence-corrected chi connectivity index (χ3v) is 10.8. The van der Waals surface area contributed by atoms with E-state index in [9.17, 15) is 0 Å². The van der Waals surface area contributed by atoms with Crippen molar-refractivity contribution < 1.29 is 9.31 Å². The van der Waals surface area contributed by atoms with E-state index in [1.165, 1.54) is 0 Å². The summed E-state index contributed by atoms with van der Waals surface area (Å²) in [7, 11) is -2.03. The summed E-state index contributed by atoms with van der Waals surface area (Å²) in [5.74, 6) is 3.34. The molecule has 0 N–H and O–H groups in total. The topological polar surface area (TPSA) is 31.4 Å². The zero-order valence-electron chi connectivity index (χ0n) is 18.4. The van der Waals surface area contributed by atoms with Crippen LogP contribution in [0.15, 0.2) is 6.07 Å². The highest BCUT2D eigenvalue weighted by molar-refractivity contribution is 6.87. The Hall–Kier alpha value is -1.09. The fourth-order valence-corrected chi connectivity index (χ4v) is 3.45. The van der Waals surface area contributed by atoms with Crippen molar-refractivity contribution in [2.75, 3.05) is 0 Å². The number of pyridine rings is 1. The maximum absolute atomic E-state index is 6.22. The molecule has 1 fully saturated rings. The first-order chi connectivity index (χ1) is 11.6. The lowest BCUT2D eigenvalue weighted by molar-refractivity contribution is 0.00578. The van der Waals surface area contributed by atoms with Crippen LogP contribution in [0.25, 0.3) is 0 Å². The van der Waals surface area contributed by atoms with Gasteiger partial charge in [0.15, 0.2) is 0 Å². The van der Waals surface area contributed by atoms with E-state index in [0.717, 1.165) is 22.4 Å². The largest absolute Gasteiger partial charge is 0.496 e. The molecule has 0 saturated carbocycles. The van der Waals surface area contributed by atoms with Crippen molar-refractivity contribution in [3.8, 4) is 11.5 Å². The minimum atomic E-state index is -1.65. The van der Waals surface area contributed by atoms with Gasteiger partial charge < -0.3 is 9.31 Å². The molecule has 1 aliphatic rings. The van der Waals surface area contributed by atoms with Crippen molar-refractivity contribution in [2.24, 2.45) is 0 Å². The van der Waals surface area contributed by atoms with E-state index in [-0.39, 0.29) is 23.4 Å². The Kier molecular flexibility index (Phi) is 5.31. The molecular weight excluding hydrogens is 337 g/mol. The third-order valence-electron chi connectivity index (χ3n) is 6.32. The fraction of sp³-hybridized carbons (Fsp3) is 0.667. The molecule has 0 amide bonds. The average molecular weight is 371 g/mol. The molecule has 1 aromatic rings. The minimum absolute atomic E-state index is 0.243. The number of hydrogen-bond acceptors (Lipinski definition) is 3. The molecule has 5 heteroatoms. The lowest BCUT2D eigenvalue weighted by atomic mass is 9.75. The van der Waals surface area contributed by atoms with E-state index < -0.39 is 8.07 Å². The summed E-state index contributed by atoms with van der Waals surface area (Å²) in [6.45, 7) is 23.9. The second-order valence-electron chi connectivity index (χ2n) is 10.0. The molecule has 0 unspecified atom stereocenters. The van der Waals surface area contributed by atoms with Gasteiger partial charge in [-0.2, -0.15) is 0 Å². The van der Waals surface area contributed by atoms with Crippen LogP contribution in [0.5, 0.6) is 0 Å². The first kappa shape index (κ1) is 21.2. The maximum Gasteiger partial charge on any atom is 0.496 e. The zero-order chi connectivity index (χ0) is 20.1. The molecule has 0 spiro atoms. The second kappa shape index (κ2) is 6.51. The Morgan fingerprint density at radius 3 is 1.96 bits per heavy atom. The summed E-state index contributed by atoms with van der Waals surface area (Å²) in [5, 5.41) is 0.243. The average Bonchev–Trinajstić information content (AvgIpc) is 2.62. The van der Waals surface area contributed by atoms with Crippen LogP contribution in [0.3, 0.4) is 0 Å². The highest BCUT2D eigenvalue weighted by atomic mass is 28.3. The van der Waals surface area contributed by atoms with Crippen molar-refractivity contribution >= 4 is 20.7 Å². The summed E-state index contributed by atoms with van der Waals surface area (Å²) in [6.07, 6.45) is 0. The number of nitrogens with zero attached hydrogens (tertiary/aromatic N) is 1. The monoisotopic (exact) mass is 371 g/mol. The van der Waals surface area contributed by atoms with Crippen LogP contribution in [0.1, 0.15) is 65.4 Å². The molecule has 2 rings (SSSR count). The van der Waals surface area contributed by atoms with Gasteiger partial charge in [0.2, 0.25) is 0 Å². The Bertz CT molecular complexity index is 727. The molecule has 1 aromatic heterocycles. The second-order valence-corrected chi connectivity index (χ2v) is 15.0. The van der Waals surface area contributed by atoms with Gasteiger partial charge >= 0.3 is 7.12 Å². The molecule has 1 saturated heterocycles. The number of aryl methyl sites for hydroxylation is 2. The maximum atomic E-state index is 6.22. The normalized spacial score (nSPS) is 19.3. The molecule has 0 bridgehead atoms. The Balaban J connectivity index is 2.37. The van der Waals surface area contributed by atoms with Crippen molar-refractivity contribution in [2.45, 2.75) is 91.6 Å². The molecule has 0 atom stereocenters. The molecule has 2 heterocycles. The van der Waals surface area contributed by atoms with Crippen molar-refractivity contribution in [1.29, 1.82) is 0 Å². The third kappa shape index (κ3) is 3.93. The van der Waals surface area contributed by atoms with Gasteiger partial charge in [-0.15, -0.1) is 5.54 Å².